The Morgan fingerprint density at radius 2 is 1.85 bits per heavy atom. The van der Waals surface area contributed by atoms with E-state index in [1.807, 2.05) is 0 Å². The Balaban J connectivity index is 1.57. The molecule has 33 heavy (non-hydrogen) atoms. The van der Waals surface area contributed by atoms with E-state index in [0.29, 0.717) is 28.4 Å². The molecule has 0 saturated heterocycles. The number of hydrogen-bond acceptors (Lipinski definition) is 5. The predicted octanol–water partition coefficient (Wildman–Crippen LogP) is 5.84. The van der Waals surface area contributed by atoms with Gasteiger partial charge in [-0.2, -0.15) is 18.2 Å². The molecule has 0 bridgehead atoms. The second kappa shape index (κ2) is 9.25. The number of amides is 1. The van der Waals surface area contributed by atoms with Crippen LogP contribution >= 0.6 is 0 Å². The summed E-state index contributed by atoms with van der Waals surface area (Å²) in [7, 11) is 1.54. The number of anilines is 1. The van der Waals surface area contributed by atoms with Crippen molar-refractivity contribution in [2.45, 2.75) is 12.8 Å². The van der Waals surface area contributed by atoms with Crippen molar-refractivity contribution >= 4 is 22.4 Å². The maximum atomic E-state index is 13.0. The van der Waals surface area contributed by atoms with E-state index in [1.54, 1.807) is 55.8 Å². The molecule has 0 atom stereocenters. The fourth-order valence-corrected chi connectivity index (χ4v) is 3.25. The Morgan fingerprint density at radius 1 is 1.03 bits per heavy atom. The van der Waals surface area contributed by atoms with Gasteiger partial charge in [0.2, 0.25) is 5.88 Å². The van der Waals surface area contributed by atoms with Crippen LogP contribution in [0.15, 0.2) is 72.9 Å². The van der Waals surface area contributed by atoms with E-state index < -0.39 is 17.6 Å². The van der Waals surface area contributed by atoms with Gasteiger partial charge in [-0.05, 0) is 53.2 Å². The number of benzene rings is 3. The molecule has 0 aliphatic carbocycles. The number of halogens is 3. The quantitative estimate of drug-likeness (QED) is 0.397. The molecule has 168 valence electrons. The highest BCUT2D eigenvalue weighted by atomic mass is 19.4. The summed E-state index contributed by atoms with van der Waals surface area (Å²) in [5.41, 5.74) is -0.457. The monoisotopic (exact) mass is 453 g/mol. The van der Waals surface area contributed by atoms with Gasteiger partial charge in [-0.3, -0.25) is 4.79 Å². The zero-order valence-electron chi connectivity index (χ0n) is 17.4. The minimum atomic E-state index is -4.50. The van der Waals surface area contributed by atoms with Gasteiger partial charge in [0.15, 0.2) is 5.82 Å². The molecular weight excluding hydrogens is 435 g/mol. The van der Waals surface area contributed by atoms with Crippen LogP contribution in [0.3, 0.4) is 0 Å². The van der Waals surface area contributed by atoms with E-state index in [4.69, 9.17) is 9.47 Å². The number of ether oxygens (including phenoxy) is 2. The summed E-state index contributed by atoms with van der Waals surface area (Å²) < 4.78 is 49.7. The van der Waals surface area contributed by atoms with E-state index in [1.165, 1.54) is 12.1 Å². The number of nitrogens with one attached hydrogen (secondary N) is 1. The van der Waals surface area contributed by atoms with Crippen LogP contribution < -0.4 is 10.1 Å². The number of methoxy groups -OCH3 is 1. The molecule has 0 unspecified atom stereocenters. The third-order valence-corrected chi connectivity index (χ3v) is 4.72. The number of rotatable bonds is 6. The van der Waals surface area contributed by atoms with E-state index in [-0.39, 0.29) is 12.3 Å². The smallest absolute Gasteiger partial charge is 0.416 e. The average Bonchev–Trinajstić information content (AvgIpc) is 2.78. The highest BCUT2D eigenvalue weighted by molar-refractivity contribution is 6.13. The summed E-state index contributed by atoms with van der Waals surface area (Å²) in [5.74, 6) is 0.799. The summed E-state index contributed by atoms with van der Waals surface area (Å²) in [6.45, 7) is 0.249. The molecular formula is C24H18F3N3O3. The van der Waals surface area contributed by atoms with Crippen molar-refractivity contribution in [1.29, 1.82) is 0 Å². The number of carbonyl (C=O) groups excluding carboxylic acids is 1. The lowest BCUT2D eigenvalue weighted by Crippen LogP contribution is -2.13. The molecule has 0 spiro atoms. The third kappa shape index (κ3) is 5.27. The van der Waals surface area contributed by atoms with E-state index >= 15 is 0 Å². The molecule has 1 heterocycles. The van der Waals surface area contributed by atoms with Gasteiger partial charge in [-0.1, -0.05) is 18.2 Å². The van der Waals surface area contributed by atoms with Gasteiger partial charge in [0.1, 0.15) is 12.4 Å². The van der Waals surface area contributed by atoms with Gasteiger partial charge in [0, 0.05) is 30.6 Å². The molecule has 1 aromatic heterocycles. The Morgan fingerprint density at radius 3 is 2.64 bits per heavy atom. The normalized spacial score (nSPS) is 11.4. The Labute approximate surface area is 187 Å². The first-order valence-electron chi connectivity index (χ1n) is 9.83. The molecule has 0 saturated carbocycles. The van der Waals surface area contributed by atoms with E-state index in [0.717, 1.165) is 17.5 Å². The van der Waals surface area contributed by atoms with E-state index in [2.05, 4.69) is 15.3 Å². The zero-order valence-corrected chi connectivity index (χ0v) is 17.4. The summed E-state index contributed by atoms with van der Waals surface area (Å²) in [6.07, 6.45) is -2.93. The molecule has 4 rings (SSSR count). The van der Waals surface area contributed by atoms with E-state index in [9.17, 15) is 18.0 Å². The van der Waals surface area contributed by atoms with Crippen molar-refractivity contribution in [2.24, 2.45) is 0 Å². The van der Waals surface area contributed by atoms with Crippen molar-refractivity contribution in [1.82, 2.24) is 9.97 Å². The van der Waals surface area contributed by atoms with Gasteiger partial charge < -0.3 is 14.8 Å². The first-order chi connectivity index (χ1) is 15.8. The summed E-state index contributed by atoms with van der Waals surface area (Å²) >= 11 is 0. The topological polar surface area (TPSA) is 73.3 Å². The lowest BCUT2D eigenvalue weighted by Gasteiger charge is -2.12. The van der Waals surface area contributed by atoms with Crippen LogP contribution in [-0.4, -0.2) is 23.0 Å². The van der Waals surface area contributed by atoms with Crippen LogP contribution in [0.25, 0.3) is 10.8 Å². The van der Waals surface area contributed by atoms with Gasteiger partial charge in [-0.25, -0.2) is 4.98 Å². The van der Waals surface area contributed by atoms with Crippen LogP contribution in [0, 0.1) is 0 Å². The van der Waals surface area contributed by atoms with Crippen molar-refractivity contribution in [2.75, 3.05) is 12.4 Å². The Bertz CT molecular complexity index is 1310. The van der Waals surface area contributed by atoms with Crippen LogP contribution in [0.4, 0.5) is 18.9 Å². The zero-order chi connectivity index (χ0) is 23.4. The minimum Gasteiger partial charge on any atom is -0.439 e. The number of fused-ring (bicyclic) bond motifs is 1. The van der Waals surface area contributed by atoms with Gasteiger partial charge in [0.05, 0.1) is 5.56 Å². The molecule has 6 nitrogen and oxygen atoms in total. The second-order valence-corrected chi connectivity index (χ2v) is 7.07. The van der Waals surface area contributed by atoms with Crippen molar-refractivity contribution in [3.63, 3.8) is 0 Å². The highest BCUT2D eigenvalue weighted by Crippen LogP contribution is 2.31. The Hall–Kier alpha value is -3.98. The molecule has 1 N–H and O–H groups in total. The average molecular weight is 453 g/mol. The minimum absolute atomic E-state index is 0.0578. The number of aromatic nitrogens is 2. The first-order valence-corrected chi connectivity index (χ1v) is 9.83. The number of hydrogen-bond donors (Lipinski definition) is 1. The largest absolute Gasteiger partial charge is 0.439 e. The van der Waals surface area contributed by atoms with Crippen molar-refractivity contribution in [3.8, 4) is 11.6 Å². The van der Waals surface area contributed by atoms with Gasteiger partial charge in [0.25, 0.3) is 5.91 Å². The summed E-state index contributed by atoms with van der Waals surface area (Å²) in [5, 5.41) is 3.88. The third-order valence-electron chi connectivity index (χ3n) is 4.72. The van der Waals surface area contributed by atoms with Crippen molar-refractivity contribution < 1.29 is 27.4 Å². The fraction of sp³-hybridized carbons (Fsp3) is 0.125. The maximum absolute atomic E-state index is 13.0. The van der Waals surface area contributed by atoms with Crippen LogP contribution in [0.2, 0.25) is 0 Å². The van der Waals surface area contributed by atoms with Gasteiger partial charge in [-0.15, -0.1) is 0 Å². The second-order valence-electron chi connectivity index (χ2n) is 7.07. The summed E-state index contributed by atoms with van der Waals surface area (Å²) in [6, 6.07) is 16.3. The molecule has 0 aliphatic rings. The fourth-order valence-electron chi connectivity index (χ4n) is 3.25. The maximum Gasteiger partial charge on any atom is 0.416 e. The first kappa shape index (κ1) is 22.2. The SMILES string of the molecule is COCc1nccc(Oc2ccc3c(C(=O)Nc4cccc(C(F)(F)F)c4)cccc3c2)n1. The molecule has 3 aromatic carbocycles. The molecule has 1 amide bonds. The molecule has 4 aromatic rings. The molecule has 0 radical (unpaired) electrons. The highest BCUT2D eigenvalue weighted by Gasteiger charge is 2.30. The number of alkyl halides is 3. The lowest BCUT2D eigenvalue weighted by atomic mass is 10.0. The lowest BCUT2D eigenvalue weighted by molar-refractivity contribution is -0.137. The number of nitrogens with zero attached hydrogens (tertiary/aromatic N) is 2. The summed E-state index contributed by atoms with van der Waals surface area (Å²) in [4.78, 5) is 21.1. The van der Waals surface area contributed by atoms with Crippen LogP contribution in [0.1, 0.15) is 21.7 Å². The predicted molar refractivity (Wildman–Crippen MR) is 116 cm³/mol. The van der Waals surface area contributed by atoms with Crippen LogP contribution in [0.5, 0.6) is 11.6 Å². The standard InChI is InChI=1S/C24H18F3N3O3/c1-32-14-21-28-11-10-22(30-21)33-18-8-9-19-15(12-18)4-2-7-20(19)23(31)29-17-6-3-5-16(13-17)24(25,26)27/h2-13H,14H2,1H3,(H,29,31). The van der Waals surface area contributed by atoms with Crippen molar-refractivity contribution in [3.05, 3.63) is 89.9 Å². The number of carbonyl (C=O) groups is 1. The molecule has 9 heteroatoms. The molecule has 0 aliphatic heterocycles. The molecule has 0 fully saturated rings. The Kier molecular flexibility index (Phi) is 6.23. The van der Waals surface area contributed by atoms with Crippen LogP contribution in [-0.2, 0) is 17.5 Å². The van der Waals surface area contributed by atoms with Gasteiger partial charge >= 0.3 is 6.18 Å².